The third-order valence-corrected chi connectivity index (χ3v) is 3.10. The Kier molecular flexibility index (Phi) is 6.39. The predicted molar refractivity (Wildman–Crippen MR) is 79.1 cm³/mol. The van der Waals surface area contributed by atoms with E-state index in [0.29, 0.717) is 11.3 Å². The standard InChI is InChI=1S/C15H20N2O4/c1-3-10(2)14(20)17-12-6-4-11(5-7-12)15(21)16-9-8-13(18)19/h4-7,10H,3,8-9H2,1-2H3,(H,16,21)(H,17,20)(H,18,19). The Morgan fingerprint density at radius 2 is 1.81 bits per heavy atom. The number of benzene rings is 1. The first-order valence-electron chi connectivity index (χ1n) is 6.85. The third kappa shape index (κ3) is 5.64. The number of rotatable bonds is 7. The van der Waals surface area contributed by atoms with Crippen molar-refractivity contribution >= 4 is 23.5 Å². The first-order valence-corrected chi connectivity index (χ1v) is 6.85. The molecule has 0 aliphatic rings. The number of anilines is 1. The highest BCUT2D eigenvalue weighted by molar-refractivity contribution is 5.96. The number of aliphatic carboxylic acids is 1. The molecule has 0 spiro atoms. The van der Waals surface area contributed by atoms with Crippen LogP contribution in [-0.4, -0.2) is 29.4 Å². The van der Waals surface area contributed by atoms with Crippen LogP contribution in [-0.2, 0) is 9.59 Å². The molecule has 21 heavy (non-hydrogen) atoms. The van der Waals surface area contributed by atoms with Gasteiger partial charge in [-0.25, -0.2) is 0 Å². The number of carbonyl (C=O) groups excluding carboxylic acids is 2. The molecule has 1 rings (SSSR count). The van der Waals surface area contributed by atoms with Crippen LogP contribution in [0.2, 0.25) is 0 Å². The molecule has 1 aromatic carbocycles. The van der Waals surface area contributed by atoms with Gasteiger partial charge in [0.1, 0.15) is 0 Å². The molecule has 0 fully saturated rings. The number of hydrogen-bond donors (Lipinski definition) is 3. The number of hydrogen-bond acceptors (Lipinski definition) is 3. The lowest BCUT2D eigenvalue weighted by molar-refractivity contribution is -0.136. The van der Waals surface area contributed by atoms with Gasteiger partial charge in [-0.05, 0) is 30.7 Å². The van der Waals surface area contributed by atoms with Gasteiger partial charge in [0.2, 0.25) is 5.91 Å². The van der Waals surface area contributed by atoms with E-state index in [1.165, 1.54) is 0 Å². The summed E-state index contributed by atoms with van der Waals surface area (Å²) in [5.41, 5.74) is 1.05. The summed E-state index contributed by atoms with van der Waals surface area (Å²) in [5, 5.41) is 13.8. The van der Waals surface area contributed by atoms with Crippen molar-refractivity contribution in [2.75, 3.05) is 11.9 Å². The van der Waals surface area contributed by atoms with Gasteiger partial charge in [0.15, 0.2) is 0 Å². The SMILES string of the molecule is CCC(C)C(=O)Nc1ccc(C(=O)NCCC(=O)O)cc1. The van der Waals surface area contributed by atoms with E-state index < -0.39 is 5.97 Å². The van der Waals surface area contributed by atoms with Crippen LogP contribution in [0.4, 0.5) is 5.69 Å². The highest BCUT2D eigenvalue weighted by Gasteiger charge is 2.11. The normalized spacial score (nSPS) is 11.5. The van der Waals surface area contributed by atoms with Gasteiger partial charge in [0, 0.05) is 23.7 Å². The Morgan fingerprint density at radius 1 is 1.19 bits per heavy atom. The van der Waals surface area contributed by atoms with Gasteiger partial charge in [0.25, 0.3) is 5.91 Å². The summed E-state index contributed by atoms with van der Waals surface area (Å²) in [6.45, 7) is 3.87. The summed E-state index contributed by atoms with van der Waals surface area (Å²) >= 11 is 0. The van der Waals surface area contributed by atoms with Crippen molar-refractivity contribution in [2.24, 2.45) is 5.92 Å². The van der Waals surface area contributed by atoms with Crippen molar-refractivity contribution in [3.63, 3.8) is 0 Å². The van der Waals surface area contributed by atoms with Crippen LogP contribution in [0, 0.1) is 5.92 Å². The van der Waals surface area contributed by atoms with E-state index in [1.807, 2.05) is 13.8 Å². The molecule has 114 valence electrons. The van der Waals surface area contributed by atoms with Crippen molar-refractivity contribution in [2.45, 2.75) is 26.7 Å². The maximum Gasteiger partial charge on any atom is 0.305 e. The van der Waals surface area contributed by atoms with Crippen molar-refractivity contribution in [3.05, 3.63) is 29.8 Å². The van der Waals surface area contributed by atoms with Crippen LogP contribution >= 0.6 is 0 Å². The molecule has 0 aliphatic heterocycles. The van der Waals surface area contributed by atoms with Gasteiger partial charge in [0.05, 0.1) is 6.42 Å². The Morgan fingerprint density at radius 3 is 2.33 bits per heavy atom. The van der Waals surface area contributed by atoms with Crippen molar-refractivity contribution in [1.82, 2.24) is 5.32 Å². The summed E-state index contributed by atoms with van der Waals surface area (Å²) < 4.78 is 0. The molecule has 1 unspecified atom stereocenters. The molecule has 1 aromatic rings. The predicted octanol–water partition coefficient (Wildman–Crippen LogP) is 1.88. The van der Waals surface area contributed by atoms with E-state index in [0.717, 1.165) is 6.42 Å². The van der Waals surface area contributed by atoms with Crippen molar-refractivity contribution in [1.29, 1.82) is 0 Å². The van der Waals surface area contributed by atoms with Gasteiger partial charge < -0.3 is 15.7 Å². The molecule has 6 heteroatoms. The Bertz CT molecular complexity index is 511. The van der Waals surface area contributed by atoms with E-state index in [4.69, 9.17) is 5.11 Å². The molecular weight excluding hydrogens is 272 g/mol. The molecule has 0 saturated heterocycles. The molecule has 0 saturated carbocycles. The topological polar surface area (TPSA) is 95.5 Å². The third-order valence-electron chi connectivity index (χ3n) is 3.10. The fourth-order valence-corrected chi connectivity index (χ4v) is 1.54. The summed E-state index contributed by atoms with van der Waals surface area (Å²) in [4.78, 5) is 33.8. The highest BCUT2D eigenvalue weighted by Crippen LogP contribution is 2.12. The van der Waals surface area contributed by atoms with E-state index in [2.05, 4.69) is 10.6 Å². The fourth-order valence-electron chi connectivity index (χ4n) is 1.54. The minimum atomic E-state index is -0.960. The molecule has 0 aromatic heterocycles. The highest BCUT2D eigenvalue weighted by atomic mass is 16.4. The van der Waals surface area contributed by atoms with Gasteiger partial charge in [-0.2, -0.15) is 0 Å². The molecule has 0 radical (unpaired) electrons. The Hall–Kier alpha value is -2.37. The van der Waals surface area contributed by atoms with Crippen LogP contribution in [0.15, 0.2) is 24.3 Å². The Balaban J connectivity index is 2.55. The molecule has 0 heterocycles. The lowest BCUT2D eigenvalue weighted by atomic mass is 10.1. The minimum absolute atomic E-state index is 0.0591. The summed E-state index contributed by atoms with van der Waals surface area (Å²) in [6, 6.07) is 6.46. The zero-order valence-corrected chi connectivity index (χ0v) is 12.2. The maximum atomic E-state index is 11.7. The molecule has 0 aliphatic carbocycles. The van der Waals surface area contributed by atoms with E-state index in [9.17, 15) is 14.4 Å². The zero-order valence-electron chi connectivity index (χ0n) is 12.2. The van der Waals surface area contributed by atoms with Gasteiger partial charge in [-0.3, -0.25) is 14.4 Å². The lowest BCUT2D eigenvalue weighted by Crippen LogP contribution is -2.26. The molecular formula is C15H20N2O4. The summed E-state index contributed by atoms with van der Waals surface area (Å²) in [6.07, 6.45) is 0.644. The Labute approximate surface area is 123 Å². The number of carbonyl (C=O) groups is 3. The van der Waals surface area contributed by atoms with E-state index in [1.54, 1.807) is 24.3 Å². The summed E-state index contributed by atoms with van der Waals surface area (Å²) in [7, 11) is 0. The first-order chi connectivity index (χ1) is 9.93. The van der Waals surface area contributed by atoms with Crippen molar-refractivity contribution < 1.29 is 19.5 Å². The number of nitrogens with one attached hydrogen (secondary N) is 2. The quantitative estimate of drug-likeness (QED) is 0.715. The van der Waals surface area contributed by atoms with Crippen LogP contribution < -0.4 is 10.6 Å². The number of amides is 2. The number of carboxylic acid groups (broad SMARTS) is 1. The molecule has 3 N–H and O–H groups in total. The van der Waals surface area contributed by atoms with Gasteiger partial charge in [-0.1, -0.05) is 13.8 Å². The second-order valence-electron chi connectivity index (χ2n) is 4.78. The maximum absolute atomic E-state index is 11.7. The smallest absolute Gasteiger partial charge is 0.305 e. The average Bonchev–Trinajstić information content (AvgIpc) is 2.46. The zero-order chi connectivity index (χ0) is 15.8. The van der Waals surface area contributed by atoms with Crippen LogP contribution in [0.1, 0.15) is 37.0 Å². The van der Waals surface area contributed by atoms with E-state index >= 15 is 0 Å². The van der Waals surface area contributed by atoms with Crippen LogP contribution in [0.3, 0.4) is 0 Å². The molecule has 2 amide bonds. The largest absolute Gasteiger partial charge is 0.481 e. The lowest BCUT2D eigenvalue weighted by Gasteiger charge is -2.10. The van der Waals surface area contributed by atoms with E-state index in [-0.39, 0.29) is 30.7 Å². The second-order valence-corrected chi connectivity index (χ2v) is 4.78. The fraction of sp³-hybridized carbons (Fsp3) is 0.400. The molecule has 6 nitrogen and oxygen atoms in total. The van der Waals surface area contributed by atoms with Gasteiger partial charge >= 0.3 is 5.97 Å². The van der Waals surface area contributed by atoms with Gasteiger partial charge in [-0.15, -0.1) is 0 Å². The average molecular weight is 292 g/mol. The molecule has 0 bridgehead atoms. The second kappa shape index (κ2) is 8.04. The first kappa shape index (κ1) is 16.7. The summed E-state index contributed by atoms with van der Waals surface area (Å²) in [5.74, 6) is -1.42. The van der Waals surface area contributed by atoms with Crippen LogP contribution in [0.25, 0.3) is 0 Å². The van der Waals surface area contributed by atoms with Crippen LogP contribution in [0.5, 0.6) is 0 Å². The molecule has 1 atom stereocenters. The number of carboxylic acids is 1. The minimum Gasteiger partial charge on any atom is -0.481 e. The van der Waals surface area contributed by atoms with Crippen molar-refractivity contribution in [3.8, 4) is 0 Å². The monoisotopic (exact) mass is 292 g/mol.